The SMILES string of the molecule is CCOc1ccc(S(=O)(=O)N2CCN(C(=O)C(F)(F)F)CC2)cc1. The van der Waals surface area contributed by atoms with E-state index in [-0.39, 0.29) is 31.1 Å². The molecule has 0 spiro atoms. The van der Waals surface area contributed by atoms with E-state index in [0.717, 1.165) is 4.31 Å². The van der Waals surface area contributed by atoms with Gasteiger partial charge in [-0.15, -0.1) is 0 Å². The van der Waals surface area contributed by atoms with Crippen LogP contribution in [0, 0.1) is 0 Å². The number of halogens is 3. The lowest BCUT2D eigenvalue weighted by Gasteiger charge is -2.34. The summed E-state index contributed by atoms with van der Waals surface area (Å²) < 4.78 is 68.5. The van der Waals surface area contributed by atoms with Crippen LogP contribution >= 0.6 is 0 Å². The van der Waals surface area contributed by atoms with Gasteiger partial charge in [-0.05, 0) is 31.2 Å². The Kier molecular flexibility index (Phi) is 5.38. The molecular weight excluding hydrogens is 349 g/mol. The molecule has 10 heteroatoms. The molecule has 0 atom stereocenters. The third kappa shape index (κ3) is 3.99. The molecule has 1 aromatic rings. The second-order valence-electron chi connectivity index (χ2n) is 5.10. The lowest BCUT2D eigenvalue weighted by atomic mass is 10.3. The van der Waals surface area contributed by atoms with Crippen molar-refractivity contribution in [3.63, 3.8) is 0 Å². The van der Waals surface area contributed by atoms with Crippen molar-refractivity contribution in [1.29, 1.82) is 0 Å². The van der Waals surface area contributed by atoms with E-state index in [0.29, 0.717) is 17.3 Å². The molecule has 6 nitrogen and oxygen atoms in total. The first kappa shape index (κ1) is 18.5. The molecule has 1 aliphatic heterocycles. The molecule has 0 unspecified atom stereocenters. The highest BCUT2D eigenvalue weighted by Crippen LogP contribution is 2.23. The minimum absolute atomic E-state index is 0.0292. The molecule has 1 amide bonds. The molecule has 1 fully saturated rings. The third-order valence-corrected chi connectivity index (χ3v) is 5.45. The zero-order valence-corrected chi connectivity index (χ0v) is 13.7. The minimum atomic E-state index is -4.95. The largest absolute Gasteiger partial charge is 0.494 e. The molecular formula is C14H17F3N2O4S. The number of carbonyl (C=O) groups is 1. The van der Waals surface area contributed by atoms with E-state index in [1.165, 1.54) is 24.3 Å². The summed E-state index contributed by atoms with van der Waals surface area (Å²) in [6.07, 6.45) is -4.95. The summed E-state index contributed by atoms with van der Waals surface area (Å²) >= 11 is 0. The van der Waals surface area contributed by atoms with Crippen LogP contribution in [0.5, 0.6) is 5.75 Å². The number of amides is 1. The molecule has 24 heavy (non-hydrogen) atoms. The van der Waals surface area contributed by atoms with Gasteiger partial charge in [0.2, 0.25) is 10.0 Å². The van der Waals surface area contributed by atoms with Gasteiger partial charge in [-0.25, -0.2) is 8.42 Å². The first-order chi connectivity index (χ1) is 11.2. The van der Waals surface area contributed by atoms with E-state index in [1.807, 2.05) is 0 Å². The number of piperazine rings is 1. The zero-order chi connectivity index (χ0) is 18.0. The van der Waals surface area contributed by atoms with Crippen LogP contribution in [0.1, 0.15) is 6.92 Å². The highest BCUT2D eigenvalue weighted by Gasteiger charge is 2.44. The van der Waals surface area contributed by atoms with Gasteiger partial charge in [0.15, 0.2) is 0 Å². The van der Waals surface area contributed by atoms with E-state index < -0.39 is 22.1 Å². The average Bonchev–Trinajstić information content (AvgIpc) is 2.54. The zero-order valence-electron chi connectivity index (χ0n) is 12.9. The van der Waals surface area contributed by atoms with Crippen molar-refractivity contribution in [2.45, 2.75) is 18.0 Å². The number of carbonyl (C=O) groups excluding carboxylic acids is 1. The summed E-state index contributed by atoms with van der Waals surface area (Å²) in [4.78, 5) is 11.8. The van der Waals surface area contributed by atoms with Gasteiger partial charge in [0.05, 0.1) is 11.5 Å². The number of rotatable bonds is 4. The molecule has 0 saturated carbocycles. The van der Waals surface area contributed by atoms with Crippen LogP contribution < -0.4 is 4.74 Å². The number of hydrogen-bond donors (Lipinski definition) is 0. The Bertz CT molecular complexity index is 681. The summed E-state index contributed by atoms with van der Waals surface area (Å²) in [5.74, 6) is -1.42. The van der Waals surface area contributed by atoms with Gasteiger partial charge in [0.25, 0.3) is 0 Å². The van der Waals surface area contributed by atoms with E-state index in [9.17, 15) is 26.4 Å². The maximum atomic E-state index is 12.5. The topological polar surface area (TPSA) is 66.9 Å². The van der Waals surface area contributed by atoms with Gasteiger partial charge in [-0.2, -0.15) is 17.5 Å². The van der Waals surface area contributed by atoms with Crippen molar-refractivity contribution in [2.24, 2.45) is 0 Å². The van der Waals surface area contributed by atoms with E-state index in [1.54, 1.807) is 6.92 Å². The second-order valence-corrected chi connectivity index (χ2v) is 7.04. The molecule has 0 aliphatic carbocycles. The van der Waals surface area contributed by atoms with Crippen LogP contribution in [0.2, 0.25) is 0 Å². The Morgan fingerprint density at radius 1 is 1.12 bits per heavy atom. The van der Waals surface area contributed by atoms with Crippen molar-refractivity contribution in [2.75, 3.05) is 32.8 Å². The van der Waals surface area contributed by atoms with Crippen LogP contribution in [0.15, 0.2) is 29.2 Å². The quantitative estimate of drug-likeness (QED) is 0.810. The number of sulfonamides is 1. The van der Waals surface area contributed by atoms with Crippen molar-refractivity contribution < 1.29 is 31.1 Å². The van der Waals surface area contributed by atoms with Crippen LogP contribution in [0.4, 0.5) is 13.2 Å². The lowest BCUT2D eigenvalue weighted by molar-refractivity contribution is -0.186. The molecule has 0 radical (unpaired) electrons. The van der Waals surface area contributed by atoms with Gasteiger partial charge in [-0.3, -0.25) is 4.79 Å². The minimum Gasteiger partial charge on any atom is -0.494 e. The summed E-state index contributed by atoms with van der Waals surface area (Å²) in [5, 5.41) is 0. The molecule has 1 aromatic carbocycles. The Labute approximate surface area is 137 Å². The molecule has 0 aromatic heterocycles. The predicted molar refractivity (Wildman–Crippen MR) is 79.0 cm³/mol. The van der Waals surface area contributed by atoms with Crippen molar-refractivity contribution in [1.82, 2.24) is 9.21 Å². The van der Waals surface area contributed by atoms with Gasteiger partial charge in [0.1, 0.15) is 5.75 Å². The molecule has 0 bridgehead atoms. The summed E-state index contributed by atoms with van der Waals surface area (Å²) in [6.45, 7) is 1.28. The Morgan fingerprint density at radius 3 is 2.12 bits per heavy atom. The molecule has 0 N–H and O–H groups in total. The fourth-order valence-electron chi connectivity index (χ4n) is 2.33. The fraction of sp³-hybridized carbons (Fsp3) is 0.500. The lowest BCUT2D eigenvalue weighted by Crippen LogP contribution is -2.53. The Balaban J connectivity index is 2.06. The first-order valence-corrected chi connectivity index (χ1v) is 8.69. The van der Waals surface area contributed by atoms with Crippen LogP contribution in [-0.4, -0.2) is 62.5 Å². The number of hydrogen-bond acceptors (Lipinski definition) is 4. The van der Waals surface area contributed by atoms with Crippen molar-refractivity contribution in [3.05, 3.63) is 24.3 Å². The predicted octanol–water partition coefficient (Wildman–Crippen LogP) is 1.48. The van der Waals surface area contributed by atoms with E-state index in [4.69, 9.17) is 4.74 Å². The number of nitrogens with zero attached hydrogens (tertiary/aromatic N) is 2. The number of ether oxygens (including phenoxy) is 1. The van der Waals surface area contributed by atoms with Crippen LogP contribution in [0.3, 0.4) is 0 Å². The van der Waals surface area contributed by atoms with Gasteiger partial charge in [-0.1, -0.05) is 0 Å². The molecule has 134 valence electrons. The summed E-state index contributed by atoms with van der Waals surface area (Å²) in [5.41, 5.74) is 0. The third-order valence-electron chi connectivity index (χ3n) is 3.54. The highest BCUT2D eigenvalue weighted by molar-refractivity contribution is 7.89. The van der Waals surface area contributed by atoms with E-state index >= 15 is 0 Å². The number of alkyl halides is 3. The van der Waals surface area contributed by atoms with Gasteiger partial charge < -0.3 is 9.64 Å². The molecule has 1 aliphatic rings. The standard InChI is InChI=1S/C14H17F3N2O4S/c1-2-23-11-3-5-12(6-4-11)24(21,22)19-9-7-18(8-10-19)13(20)14(15,16)17/h3-6H,2,7-10H2,1H3. The summed E-state index contributed by atoms with van der Waals surface area (Å²) in [6, 6.07) is 5.79. The highest BCUT2D eigenvalue weighted by atomic mass is 32.2. The van der Waals surface area contributed by atoms with Crippen molar-refractivity contribution >= 4 is 15.9 Å². The average molecular weight is 366 g/mol. The maximum absolute atomic E-state index is 12.5. The van der Waals surface area contributed by atoms with Crippen LogP contribution in [-0.2, 0) is 14.8 Å². The Morgan fingerprint density at radius 2 is 1.67 bits per heavy atom. The normalized spacial score (nSPS) is 16.9. The van der Waals surface area contributed by atoms with Gasteiger partial charge >= 0.3 is 12.1 Å². The molecule has 1 heterocycles. The monoisotopic (exact) mass is 366 g/mol. The molecule has 1 saturated heterocycles. The van der Waals surface area contributed by atoms with Crippen molar-refractivity contribution in [3.8, 4) is 5.75 Å². The maximum Gasteiger partial charge on any atom is 0.471 e. The second kappa shape index (κ2) is 6.98. The molecule has 2 rings (SSSR count). The van der Waals surface area contributed by atoms with E-state index in [2.05, 4.69) is 0 Å². The Hall–Kier alpha value is -1.81. The fourth-order valence-corrected chi connectivity index (χ4v) is 3.76. The first-order valence-electron chi connectivity index (χ1n) is 7.25. The smallest absolute Gasteiger partial charge is 0.471 e. The summed E-state index contributed by atoms with van der Waals surface area (Å²) in [7, 11) is -3.82. The van der Waals surface area contributed by atoms with Gasteiger partial charge in [0, 0.05) is 26.2 Å². The number of benzene rings is 1. The van der Waals surface area contributed by atoms with Crippen LogP contribution in [0.25, 0.3) is 0 Å².